The molecule has 2 rings (SSSR count). The van der Waals surface area contributed by atoms with Crippen molar-refractivity contribution in [3.8, 4) is 0 Å². The molecule has 28 heavy (non-hydrogen) atoms. The highest BCUT2D eigenvalue weighted by atomic mass is 16.5. The minimum atomic E-state index is 0.279. The first-order valence-corrected chi connectivity index (χ1v) is 10.6. The van der Waals surface area contributed by atoms with Crippen LogP contribution in [0.15, 0.2) is 4.99 Å². The summed E-state index contributed by atoms with van der Waals surface area (Å²) in [6.07, 6.45) is 3.60. The fraction of sp³-hybridized carbons (Fsp3) is 0.850. The molecule has 1 aliphatic rings. The maximum atomic E-state index is 5.72. The molecule has 0 bridgehead atoms. The zero-order valence-electron chi connectivity index (χ0n) is 18.5. The third-order valence-corrected chi connectivity index (χ3v) is 5.29. The smallest absolute Gasteiger partial charge is 0.191 e. The molecule has 0 amide bonds. The first-order valence-electron chi connectivity index (χ1n) is 10.6. The number of nitrogens with zero attached hydrogens (tertiary/aromatic N) is 5. The molecule has 0 aliphatic carbocycles. The van der Waals surface area contributed by atoms with Crippen LogP contribution in [0.4, 0.5) is 0 Å². The first kappa shape index (κ1) is 22.6. The molecule has 8 nitrogen and oxygen atoms in total. The number of hydrogen-bond acceptors (Lipinski definition) is 5. The summed E-state index contributed by atoms with van der Waals surface area (Å²) in [6.45, 7) is 15.1. The van der Waals surface area contributed by atoms with Crippen LogP contribution in [0.25, 0.3) is 0 Å². The van der Waals surface area contributed by atoms with Crippen molar-refractivity contribution in [2.45, 2.75) is 78.6 Å². The summed E-state index contributed by atoms with van der Waals surface area (Å²) in [7, 11) is 1.97. The Morgan fingerprint density at radius 3 is 2.57 bits per heavy atom. The summed E-state index contributed by atoms with van der Waals surface area (Å²) in [5.74, 6) is 2.58. The molecule has 0 spiro atoms. The second-order valence-corrected chi connectivity index (χ2v) is 8.11. The second-order valence-electron chi connectivity index (χ2n) is 8.11. The van der Waals surface area contributed by atoms with Crippen molar-refractivity contribution in [3.63, 3.8) is 0 Å². The van der Waals surface area contributed by atoms with Crippen LogP contribution < -0.4 is 10.6 Å². The molecule has 1 aliphatic heterocycles. The number of aryl methyl sites for hydroxylation is 1. The number of nitrogens with one attached hydrogen (secondary N) is 2. The van der Waals surface area contributed by atoms with E-state index in [4.69, 9.17) is 9.73 Å². The molecule has 2 N–H and O–H groups in total. The zero-order valence-corrected chi connectivity index (χ0v) is 18.5. The highest BCUT2D eigenvalue weighted by Gasteiger charge is 2.16. The molecule has 0 saturated carbocycles. The number of aromatic nitrogens is 3. The molecule has 0 aromatic carbocycles. The predicted octanol–water partition coefficient (Wildman–Crippen LogP) is 1.85. The van der Waals surface area contributed by atoms with Gasteiger partial charge in [0.15, 0.2) is 11.8 Å². The number of rotatable bonds is 10. The quantitative estimate of drug-likeness (QED) is 0.359. The lowest BCUT2D eigenvalue weighted by molar-refractivity contribution is 0.113. The maximum absolute atomic E-state index is 5.72. The Morgan fingerprint density at radius 1 is 1.25 bits per heavy atom. The highest BCUT2D eigenvalue weighted by Crippen LogP contribution is 2.10. The van der Waals surface area contributed by atoms with E-state index in [2.05, 4.69) is 53.4 Å². The lowest BCUT2D eigenvalue weighted by Gasteiger charge is -2.30. The Hall–Kier alpha value is -1.67. The Kier molecular flexibility index (Phi) is 9.18. The van der Waals surface area contributed by atoms with Gasteiger partial charge in [0.1, 0.15) is 12.4 Å². The van der Waals surface area contributed by atoms with Gasteiger partial charge in [0.2, 0.25) is 0 Å². The van der Waals surface area contributed by atoms with E-state index in [1.165, 1.54) is 0 Å². The van der Waals surface area contributed by atoms with Crippen LogP contribution in [-0.4, -0.2) is 70.1 Å². The number of hydrogen-bond donors (Lipinski definition) is 2. The van der Waals surface area contributed by atoms with Gasteiger partial charge in [0.25, 0.3) is 0 Å². The van der Waals surface area contributed by atoms with E-state index >= 15 is 0 Å². The number of guanidine groups is 1. The maximum Gasteiger partial charge on any atom is 0.191 e. The van der Waals surface area contributed by atoms with Crippen molar-refractivity contribution >= 4 is 5.96 Å². The highest BCUT2D eigenvalue weighted by molar-refractivity contribution is 5.79. The third-order valence-electron chi connectivity index (χ3n) is 5.29. The number of ether oxygens (including phenoxy) is 1. The summed E-state index contributed by atoms with van der Waals surface area (Å²) in [5.41, 5.74) is 0. The minimum Gasteiger partial charge on any atom is -0.376 e. The van der Waals surface area contributed by atoms with E-state index < -0.39 is 0 Å². The fourth-order valence-electron chi connectivity index (χ4n) is 3.51. The van der Waals surface area contributed by atoms with Crippen LogP contribution >= 0.6 is 0 Å². The summed E-state index contributed by atoms with van der Waals surface area (Å²) in [6, 6.07) is 1.12. The van der Waals surface area contributed by atoms with E-state index in [0.717, 1.165) is 63.1 Å². The molecule has 1 saturated heterocycles. The second kappa shape index (κ2) is 11.4. The van der Waals surface area contributed by atoms with Gasteiger partial charge in [-0.25, -0.2) is 4.99 Å². The normalized spacial score (nSPS) is 17.9. The molecule has 8 heteroatoms. The summed E-state index contributed by atoms with van der Waals surface area (Å²) in [5, 5.41) is 15.2. The Balaban J connectivity index is 1.87. The van der Waals surface area contributed by atoms with Crippen LogP contribution in [0.5, 0.6) is 0 Å². The van der Waals surface area contributed by atoms with E-state index in [9.17, 15) is 0 Å². The molecular weight excluding hydrogens is 354 g/mol. The minimum absolute atomic E-state index is 0.279. The van der Waals surface area contributed by atoms with Crippen molar-refractivity contribution in [1.82, 2.24) is 30.3 Å². The van der Waals surface area contributed by atoms with E-state index in [-0.39, 0.29) is 6.10 Å². The van der Waals surface area contributed by atoms with Crippen LogP contribution in [0, 0.1) is 6.92 Å². The molecule has 1 aromatic rings. The predicted molar refractivity (Wildman–Crippen MR) is 113 cm³/mol. The largest absolute Gasteiger partial charge is 0.376 e. The van der Waals surface area contributed by atoms with Crippen molar-refractivity contribution < 1.29 is 4.74 Å². The zero-order chi connectivity index (χ0) is 20.5. The monoisotopic (exact) mass is 393 g/mol. The Labute approximate surface area is 170 Å². The summed E-state index contributed by atoms with van der Waals surface area (Å²) < 4.78 is 7.70. The van der Waals surface area contributed by atoms with Gasteiger partial charge in [-0.05, 0) is 53.9 Å². The van der Waals surface area contributed by atoms with E-state index in [1.54, 1.807) is 0 Å². The van der Waals surface area contributed by atoms with Gasteiger partial charge in [0, 0.05) is 45.4 Å². The number of aliphatic imine (C=N–C) groups is 1. The molecule has 1 aromatic heterocycles. The third kappa shape index (κ3) is 7.05. The molecule has 0 radical (unpaired) electrons. The van der Waals surface area contributed by atoms with Crippen molar-refractivity contribution in [2.75, 3.05) is 26.2 Å². The molecule has 1 atom stereocenters. The fourth-order valence-corrected chi connectivity index (χ4v) is 3.51. The Bertz CT molecular complexity index is 598. The lowest BCUT2D eigenvalue weighted by Crippen LogP contribution is -2.43. The van der Waals surface area contributed by atoms with E-state index in [0.29, 0.717) is 18.6 Å². The van der Waals surface area contributed by atoms with Crippen LogP contribution in [0.1, 0.15) is 58.6 Å². The topological polar surface area (TPSA) is 79.6 Å². The van der Waals surface area contributed by atoms with Gasteiger partial charge in [-0.15, -0.1) is 10.2 Å². The van der Waals surface area contributed by atoms with Gasteiger partial charge in [-0.2, -0.15) is 0 Å². The summed E-state index contributed by atoms with van der Waals surface area (Å²) in [4.78, 5) is 7.23. The van der Waals surface area contributed by atoms with Crippen molar-refractivity contribution in [1.29, 1.82) is 0 Å². The van der Waals surface area contributed by atoms with Gasteiger partial charge in [0.05, 0.1) is 6.10 Å². The van der Waals surface area contributed by atoms with Crippen LogP contribution in [-0.2, 0) is 18.3 Å². The average Bonchev–Trinajstić information content (AvgIpc) is 3.27. The molecule has 1 unspecified atom stereocenters. The average molecular weight is 394 g/mol. The first-order chi connectivity index (χ1) is 13.4. The summed E-state index contributed by atoms with van der Waals surface area (Å²) >= 11 is 0. The molecule has 2 heterocycles. The van der Waals surface area contributed by atoms with Gasteiger partial charge in [-0.3, -0.25) is 4.90 Å². The van der Waals surface area contributed by atoms with E-state index in [1.807, 2.05) is 18.5 Å². The lowest BCUT2D eigenvalue weighted by atomic mass is 10.2. The van der Waals surface area contributed by atoms with Gasteiger partial charge in [-0.1, -0.05) is 0 Å². The Morgan fingerprint density at radius 2 is 2.00 bits per heavy atom. The van der Waals surface area contributed by atoms with Crippen LogP contribution in [0.2, 0.25) is 0 Å². The van der Waals surface area contributed by atoms with Crippen molar-refractivity contribution in [3.05, 3.63) is 11.6 Å². The standard InChI is InChI=1S/C20H39N7O/c1-15(2)27(16(3)4)11-8-10-21-20(22-13-18-9-7-12-28-18)23-14-19-25-24-17(5)26(19)6/h15-16,18H,7-14H2,1-6H3,(H2,21,22,23). The van der Waals surface area contributed by atoms with Gasteiger partial charge >= 0.3 is 0 Å². The van der Waals surface area contributed by atoms with Gasteiger partial charge < -0.3 is 19.9 Å². The molecular formula is C20H39N7O. The molecule has 1 fully saturated rings. The SMILES string of the molecule is Cc1nnc(CN=C(NCCCN(C(C)C)C(C)C)NCC2CCCO2)n1C. The molecule has 160 valence electrons. The van der Waals surface area contributed by atoms with Crippen molar-refractivity contribution in [2.24, 2.45) is 12.0 Å². The van der Waals surface area contributed by atoms with Crippen LogP contribution in [0.3, 0.4) is 0 Å².